The predicted molar refractivity (Wildman–Crippen MR) is 120 cm³/mol. The quantitative estimate of drug-likeness (QED) is 0.528. The minimum absolute atomic E-state index is 0.261. The van der Waals surface area contributed by atoms with E-state index in [4.69, 9.17) is 32.7 Å². The van der Waals surface area contributed by atoms with Gasteiger partial charge in [-0.2, -0.15) is 5.10 Å². The van der Waals surface area contributed by atoms with Crippen LogP contribution in [0, 0.1) is 0 Å². The summed E-state index contributed by atoms with van der Waals surface area (Å²) in [5, 5.41) is 9.38. The minimum Gasteiger partial charge on any atom is -0.491 e. The number of alkyl halides is 1. The zero-order valence-electron chi connectivity index (χ0n) is 16.6. The van der Waals surface area contributed by atoms with Crippen LogP contribution in [0.1, 0.15) is 47.6 Å². The number of hydrogen-bond donors (Lipinski definition) is 1. The number of benzene rings is 1. The van der Waals surface area contributed by atoms with Gasteiger partial charge in [0.1, 0.15) is 12.4 Å². The van der Waals surface area contributed by atoms with Crippen molar-refractivity contribution < 1.29 is 9.47 Å². The first-order valence-corrected chi connectivity index (χ1v) is 11.3. The summed E-state index contributed by atoms with van der Waals surface area (Å²) in [6.07, 6.45) is 8.08. The van der Waals surface area contributed by atoms with Crippen molar-refractivity contribution in [1.82, 2.24) is 15.2 Å². The summed E-state index contributed by atoms with van der Waals surface area (Å²) < 4.78 is 11.2. The molecular formula is C23H23Cl2N3O2. The van der Waals surface area contributed by atoms with Crippen molar-refractivity contribution in [3.8, 4) is 5.75 Å². The molecule has 0 saturated heterocycles. The van der Waals surface area contributed by atoms with Gasteiger partial charge in [-0.25, -0.2) is 4.98 Å². The normalized spacial score (nSPS) is 18.9. The Morgan fingerprint density at radius 2 is 2.20 bits per heavy atom. The summed E-state index contributed by atoms with van der Waals surface area (Å²) in [7, 11) is 0. The lowest BCUT2D eigenvalue weighted by atomic mass is 9.79. The number of nitrogens with zero attached hydrogens (tertiary/aromatic N) is 2. The number of H-pyrrole nitrogens is 1. The van der Waals surface area contributed by atoms with Crippen molar-refractivity contribution in [2.75, 3.05) is 25.7 Å². The third kappa shape index (κ3) is 3.59. The summed E-state index contributed by atoms with van der Waals surface area (Å²) in [6, 6.07) is 6.35. The van der Waals surface area contributed by atoms with E-state index in [1.807, 2.05) is 12.3 Å². The van der Waals surface area contributed by atoms with Gasteiger partial charge in [0.15, 0.2) is 5.65 Å². The van der Waals surface area contributed by atoms with Crippen LogP contribution in [0.2, 0.25) is 5.02 Å². The Hall–Kier alpha value is -2.08. The second-order valence-electron chi connectivity index (χ2n) is 7.72. The van der Waals surface area contributed by atoms with Crippen LogP contribution >= 0.6 is 23.2 Å². The van der Waals surface area contributed by atoms with E-state index < -0.39 is 0 Å². The van der Waals surface area contributed by atoms with Crippen molar-refractivity contribution >= 4 is 39.8 Å². The zero-order chi connectivity index (χ0) is 20.5. The molecule has 2 aliphatic rings. The first-order chi connectivity index (χ1) is 14.8. The van der Waals surface area contributed by atoms with E-state index in [0.29, 0.717) is 29.9 Å². The zero-order valence-corrected chi connectivity index (χ0v) is 18.1. The number of pyridine rings is 1. The summed E-state index contributed by atoms with van der Waals surface area (Å²) in [5.41, 5.74) is 6.70. The molecule has 30 heavy (non-hydrogen) atoms. The van der Waals surface area contributed by atoms with Gasteiger partial charge in [0.05, 0.1) is 29.8 Å². The maximum Gasteiger partial charge on any atom is 0.181 e. The highest BCUT2D eigenvalue weighted by atomic mass is 35.5. The molecule has 1 aliphatic carbocycles. The Labute approximate surface area is 185 Å². The van der Waals surface area contributed by atoms with Crippen molar-refractivity contribution in [3.05, 3.63) is 57.9 Å². The molecule has 7 heteroatoms. The fourth-order valence-electron chi connectivity index (χ4n) is 4.55. The predicted octanol–water partition coefficient (Wildman–Crippen LogP) is 5.50. The average Bonchev–Trinajstić information content (AvgIpc) is 3.22. The van der Waals surface area contributed by atoms with Crippen LogP contribution in [-0.2, 0) is 11.2 Å². The Morgan fingerprint density at radius 3 is 3.03 bits per heavy atom. The molecule has 3 heterocycles. The lowest BCUT2D eigenvalue weighted by Crippen LogP contribution is -2.13. The molecule has 0 fully saturated rings. The van der Waals surface area contributed by atoms with Crippen LogP contribution in [0.25, 0.3) is 16.6 Å². The van der Waals surface area contributed by atoms with Crippen LogP contribution in [0.15, 0.2) is 30.5 Å². The standard InChI is InChI=1S/C23H23Cl2N3O2/c24-8-11-30-20-5-4-17-16(2-1-3-18(17)21(20)25)15-12-19-22(14-6-9-29-10-7-14)27-28-23(19)26-13-15/h4-6,12-13,16H,1-3,7-11H2,(H,26,27,28). The second-order valence-corrected chi connectivity index (χ2v) is 8.48. The molecule has 5 rings (SSSR count). The molecule has 1 aliphatic heterocycles. The van der Waals surface area contributed by atoms with E-state index in [1.165, 1.54) is 22.3 Å². The molecule has 156 valence electrons. The van der Waals surface area contributed by atoms with Gasteiger partial charge in [-0.3, -0.25) is 5.10 Å². The number of rotatable bonds is 5. The highest BCUT2D eigenvalue weighted by Gasteiger charge is 2.26. The third-order valence-corrected chi connectivity index (χ3v) is 6.56. The number of aromatic nitrogens is 3. The molecule has 0 amide bonds. The van der Waals surface area contributed by atoms with Crippen molar-refractivity contribution in [2.24, 2.45) is 0 Å². The second kappa shape index (κ2) is 8.58. The highest BCUT2D eigenvalue weighted by Crippen LogP contribution is 2.43. The van der Waals surface area contributed by atoms with Crippen molar-refractivity contribution in [3.63, 3.8) is 0 Å². The molecule has 1 atom stereocenters. The summed E-state index contributed by atoms with van der Waals surface area (Å²) in [6.45, 7) is 1.84. The van der Waals surface area contributed by atoms with Gasteiger partial charge >= 0.3 is 0 Å². The number of ether oxygens (including phenoxy) is 2. The number of hydrogen-bond acceptors (Lipinski definition) is 4. The molecule has 0 bridgehead atoms. The Morgan fingerprint density at radius 1 is 1.27 bits per heavy atom. The van der Waals surface area contributed by atoms with Gasteiger partial charge in [0.2, 0.25) is 0 Å². The van der Waals surface area contributed by atoms with E-state index in [-0.39, 0.29) is 5.92 Å². The number of aromatic amines is 1. The van der Waals surface area contributed by atoms with Gasteiger partial charge in [-0.15, -0.1) is 11.6 Å². The minimum atomic E-state index is 0.261. The van der Waals surface area contributed by atoms with Crippen molar-refractivity contribution in [2.45, 2.75) is 31.6 Å². The van der Waals surface area contributed by atoms with Gasteiger partial charge in [0.25, 0.3) is 0 Å². The Balaban J connectivity index is 1.54. The summed E-state index contributed by atoms with van der Waals surface area (Å²) >= 11 is 12.5. The topological polar surface area (TPSA) is 60.0 Å². The molecule has 0 saturated carbocycles. The van der Waals surface area contributed by atoms with Crippen LogP contribution in [0.3, 0.4) is 0 Å². The van der Waals surface area contributed by atoms with Crippen LogP contribution in [-0.4, -0.2) is 40.9 Å². The van der Waals surface area contributed by atoms with Gasteiger partial charge in [-0.1, -0.05) is 23.7 Å². The molecular weight excluding hydrogens is 421 g/mol. The van der Waals surface area contributed by atoms with E-state index in [2.05, 4.69) is 33.4 Å². The Bertz CT molecular complexity index is 1110. The van der Waals surface area contributed by atoms with E-state index in [9.17, 15) is 0 Å². The molecule has 5 nitrogen and oxygen atoms in total. The number of halogens is 2. The maximum absolute atomic E-state index is 6.70. The smallest absolute Gasteiger partial charge is 0.181 e. The van der Waals surface area contributed by atoms with Gasteiger partial charge in [0, 0.05) is 17.5 Å². The molecule has 1 N–H and O–H groups in total. The van der Waals surface area contributed by atoms with E-state index >= 15 is 0 Å². The Kier molecular flexibility index (Phi) is 5.68. The van der Waals surface area contributed by atoms with Crippen LogP contribution in [0.4, 0.5) is 0 Å². The number of nitrogens with one attached hydrogen (secondary N) is 1. The van der Waals surface area contributed by atoms with Gasteiger partial charge < -0.3 is 9.47 Å². The molecule has 2 aromatic heterocycles. The molecule has 1 unspecified atom stereocenters. The van der Waals surface area contributed by atoms with Gasteiger partial charge in [-0.05, 0) is 60.1 Å². The SMILES string of the molecule is ClCCOc1ccc2c(c1Cl)CCCC2c1cnc2n[nH]c(C3=CCOCC3)c2c1. The van der Waals surface area contributed by atoms with Crippen molar-refractivity contribution in [1.29, 1.82) is 0 Å². The molecule has 0 radical (unpaired) electrons. The number of fused-ring (bicyclic) bond motifs is 2. The monoisotopic (exact) mass is 443 g/mol. The van der Waals surface area contributed by atoms with Crippen LogP contribution in [0.5, 0.6) is 5.75 Å². The first-order valence-electron chi connectivity index (χ1n) is 10.4. The molecule has 0 spiro atoms. The highest BCUT2D eigenvalue weighted by molar-refractivity contribution is 6.33. The summed E-state index contributed by atoms with van der Waals surface area (Å²) in [5.74, 6) is 1.42. The average molecular weight is 444 g/mol. The lowest BCUT2D eigenvalue weighted by Gasteiger charge is -2.27. The lowest BCUT2D eigenvalue weighted by molar-refractivity contribution is 0.161. The molecule has 1 aromatic carbocycles. The fraction of sp³-hybridized carbons (Fsp3) is 0.391. The third-order valence-electron chi connectivity index (χ3n) is 5.99. The van der Waals surface area contributed by atoms with Crippen LogP contribution < -0.4 is 4.74 Å². The fourth-order valence-corrected chi connectivity index (χ4v) is 4.94. The molecule has 3 aromatic rings. The maximum atomic E-state index is 6.70. The summed E-state index contributed by atoms with van der Waals surface area (Å²) in [4.78, 5) is 4.65. The first kappa shape index (κ1) is 19.9. The largest absolute Gasteiger partial charge is 0.491 e. The van der Waals surface area contributed by atoms with E-state index in [1.54, 1.807) is 0 Å². The van der Waals surface area contributed by atoms with E-state index in [0.717, 1.165) is 49.0 Å².